The van der Waals surface area contributed by atoms with Crippen molar-refractivity contribution in [1.82, 2.24) is 19.8 Å². The topological polar surface area (TPSA) is 80.4 Å². The van der Waals surface area contributed by atoms with E-state index in [0.29, 0.717) is 6.42 Å². The van der Waals surface area contributed by atoms with Gasteiger partial charge >= 0.3 is 5.97 Å². The minimum Gasteiger partial charge on any atom is -0.481 e. The van der Waals surface area contributed by atoms with Gasteiger partial charge in [0.05, 0.1) is 5.92 Å². The van der Waals surface area contributed by atoms with E-state index >= 15 is 0 Å². The van der Waals surface area contributed by atoms with E-state index in [1.165, 1.54) is 11.3 Å². The summed E-state index contributed by atoms with van der Waals surface area (Å²) in [7, 11) is 0. The van der Waals surface area contributed by atoms with Crippen LogP contribution in [0.15, 0.2) is 6.33 Å². The Labute approximate surface area is 94.9 Å². The second-order valence-corrected chi connectivity index (χ2v) is 5.03. The predicted octanol–water partition coefficient (Wildman–Crippen LogP) is 1.15. The molecule has 16 heavy (non-hydrogen) atoms. The molecule has 0 bridgehead atoms. The quantitative estimate of drug-likeness (QED) is 0.849. The maximum atomic E-state index is 10.9. The molecule has 2 aromatic heterocycles. The summed E-state index contributed by atoms with van der Waals surface area (Å²) in [4.78, 5) is 11.6. The summed E-state index contributed by atoms with van der Waals surface area (Å²) in [6.07, 6.45) is 3.92. The van der Waals surface area contributed by atoms with E-state index in [2.05, 4.69) is 15.3 Å². The fraction of sp³-hybridized carbons (Fsp3) is 0.556. The molecule has 1 fully saturated rings. The van der Waals surface area contributed by atoms with Crippen LogP contribution in [0.2, 0.25) is 0 Å². The third kappa shape index (κ3) is 1.47. The lowest BCUT2D eigenvalue weighted by Crippen LogP contribution is -2.09. The van der Waals surface area contributed by atoms with Crippen molar-refractivity contribution in [3.63, 3.8) is 0 Å². The predicted molar refractivity (Wildman–Crippen MR) is 56.4 cm³/mol. The van der Waals surface area contributed by atoms with Gasteiger partial charge in [-0.3, -0.25) is 4.79 Å². The van der Waals surface area contributed by atoms with E-state index < -0.39 is 5.97 Å². The van der Waals surface area contributed by atoms with Gasteiger partial charge < -0.3 is 5.11 Å². The van der Waals surface area contributed by atoms with E-state index in [4.69, 9.17) is 5.11 Å². The van der Waals surface area contributed by atoms with Crippen LogP contribution in [0, 0.1) is 5.92 Å². The molecule has 2 atom stereocenters. The second kappa shape index (κ2) is 3.51. The number of carbonyl (C=O) groups is 1. The van der Waals surface area contributed by atoms with Crippen LogP contribution in [0.5, 0.6) is 0 Å². The molecular formula is C9H10N4O2S. The molecule has 0 aromatic carbocycles. The van der Waals surface area contributed by atoms with Gasteiger partial charge in [-0.05, 0) is 19.3 Å². The molecule has 84 valence electrons. The van der Waals surface area contributed by atoms with Gasteiger partial charge in [-0.15, -0.1) is 10.2 Å². The van der Waals surface area contributed by atoms with Crippen LogP contribution in [0.4, 0.5) is 0 Å². The molecule has 0 amide bonds. The second-order valence-electron chi connectivity index (χ2n) is 4.04. The minimum absolute atomic E-state index is 0.209. The Morgan fingerprint density at radius 2 is 2.44 bits per heavy atom. The van der Waals surface area contributed by atoms with Crippen molar-refractivity contribution in [3.8, 4) is 0 Å². The highest BCUT2D eigenvalue weighted by Gasteiger charge is 2.32. The molecule has 0 aliphatic heterocycles. The lowest BCUT2D eigenvalue weighted by molar-refractivity contribution is -0.141. The van der Waals surface area contributed by atoms with Crippen molar-refractivity contribution in [1.29, 1.82) is 0 Å². The van der Waals surface area contributed by atoms with Gasteiger partial charge in [-0.1, -0.05) is 11.3 Å². The number of fused-ring (bicyclic) bond motifs is 1. The number of hydrogen-bond donors (Lipinski definition) is 1. The first-order valence-corrected chi connectivity index (χ1v) is 5.95. The van der Waals surface area contributed by atoms with Crippen molar-refractivity contribution in [2.45, 2.75) is 25.2 Å². The average Bonchev–Trinajstić information content (AvgIpc) is 2.91. The number of carboxylic acids is 1. The lowest BCUT2D eigenvalue weighted by atomic mass is 10.1. The Morgan fingerprint density at radius 3 is 3.12 bits per heavy atom. The van der Waals surface area contributed by atoms with Crippen molar-refractivity contribution in [2.24, 2.45) is 5.92 Å². The van der Waals surface area contributed by atoms with Crippen LogP contribution >= 0.6 is 11.3 Å². The Kier molecular flexibility index (Phi) is 2.13. The average molecular weight is 238 g/mol. The third-order valence-electron chi connectivity index (χ3n) is 3.03. The Morgan fingerprint density at radius 1 is 1.56 bits per heavy atom. The first-order chi connectivity index (χ1) is 7.74. The molecule has 1 saturated carbocycles. The summed E-state index contributed by atoms with van der Waals surface area (Å²) >= 11 is 1.50. The Bertz CT molecular complexity index is 506. The fourth-order valence-electron chi connectivity index (χ4n) is 2.17. The van der Waals surface area contributed by atoms with Crippen LogP contribution in [0.25, 0.3) is 4.96 Å². The zero-order chi connectivity index (χ0) is 11.1. The number of nitrogens with zero attached hydrogens (tertiary/aromatic N) is 4. The third-order valence-corrected chi connectivity index (χ3v) is 4.11. The molecule has 1 aliphatic rings. The molecule has 0 saturated heterocycles. The molecule has 6 nitrogen and oxygen atoms in total. The smallest absolute Gasteiger partial charge is 0.306 e. The highest BCUT2D eigenvalue weighted by atomic mass is 32.1. The lowest BCUT2D eigenvalue weighted by Gasteiger charge is -2.03. The molecule has 2 aromatic rings. The van der Waals surface area contributed by atoms with Crippen LogP contribution in [0.3, 0.4) is 0 Å². The Balaban J connectivity index is 1.84. The van der Waals surface area contributed by atoms with Gasteiger partial charge in [0.25, 0.3) is 0 Å². The fourth-order valence-corrected chi connectivity index (χ4v) is 3.14. The van der Waals surface area contributed by atoms with Gasteiger partial charge in [0, 0.05) is 5.92 Å². The van der Waals surface area contributed by atoms with Crippen molar-refractivity contribution >= 4 is 22.3 Å². The first-order valence-electron chi connectivity index (χ1n) is 5.13. The number of hydrogen-bond acceptors (Lipinski definition) is 5. The molecule has 7 heteroatoms. The zero-order valence-electron chi connectivity index (χ0n) is 8.41. The van der Waals surface area contributed by atoms with E-state index in [9.17, 15) is 4.79 Å². The largest absolute Gasteiger partial charge is 0.481 e. The molecule has 2 heterocycles. The van der Waals surface area contributed by atoms with Crippen LogP contribution in [-0.4, -0.2) is 30.9 Å². The Hall–Kier alpha value is -1.50. The summed E-state index contributed by atoms with van der Waals surface area (Å²) in [5.74, 6) is -0.627. The number of rotatable bonds is 2. The molecular weight excluding hydrogens is 228 g/mol. The summed E-state index contributed by atoms with van der Waals surface area (Å²) in [6, 6.07) is 0. The molecule has 0 radical (unpaired) electrons. The summed E-state index contributed by atoms with van der Waals surface area (Å²) < 4.78 is 1.65. The number of aliphatic carboxylic acids is 1. The van der Waals surface area contributed by atoms with E-state index in [-0.39, 0.29) is 11.8 Å². The molecule has 2 unspecified atom stereocenters. The van der Waals surface area contributed by atoms with Gasteiger partial charge in [0.1, 0.15) is 11.3 Å². The van der Waals surface area contributed by atoms with Crippen LogP contribution in [0.1, 0.15) is 30.2 Å². The van der Waals surface area contributed by atoms with Gasteiger partial charge in [0.15, 0.2) is 0 Å². The maximum absolute atomic E-state index is 10.9. The van der Waals surface area contributed by atoms with Gasteiger partial charge in [-0.2, -0.15) is 9.61 Å². The molecule has 0 spiro atoms. The normalized spacial score (nSPS) is 25.2. The highest BCUT2D eigenvalue weighted by molar-refractivity contribution is 7.16. The van der Waals surface area contributed by atoms with Crippen LogP contribution < -0.4 is 0 Å². The van der Waals surface area contributed by atoms with E-state index in [0.717, 1.165) is 22.8 Å². The SMILES string of the molecule is O=C(O)C1CCC(c2nn3cnnc3s2)C1. The summed E-state index contributed by atoms with van der Waals surface area (Å²) in [6.45, 7) is 0. The maximum Gasteiger partial charge on any atom is 0.306 e. The summed E-state index contributed by atoms with van der Waals surface area (Å²) in [5, 5.41) is 21.9. The standard InChI is InChI=1S/C9H10N4O2S/c14-8(15)6-2-1-5(3-6)7-12-13-4-10-11-9(13)16-7/h4-6H,1-3H2,(H,14,15). The van der Waals surface area contributed by atoms with Crippen molar-refractivity contribution < 1.29 is 9.90 Å². The van der Waals surface area contributed by atoms with E-state index in [1.54, 1.807) is 10.8 Å². The summed E-state index contributed by atoms with van der Waals surface area (Å²) in [5.41, 5.74) is 0. The van der Waals surface area contributed by atoms with Crippen molar-refractivity contribution in [3.05, 3.63) is 11.3 Å². The number of carboxylic acid groups (broad SMARTS) is 1. The van der Waals surface area contributed by atoms with Gasteiger partial charge in [-0.25, -0.2) is 0 Å². The zero-order valence-corrected chi connectivity index (χ0v) is 9.22. The first kappa shape index (κ1) is 9.71. The monoisotopic (exact) mass is 238 g/mol. The van der Waals surface area contributed by atoms with Crippen molar-refractivity contribution in [2.75, 3.05) is 0 Å². The van der Waals surface area contributed by atoms with Gasteiger partial charge in [0.2, 0.25) is 4.96 Å². The van der Waals surface area contributed by atoms with Crippen LogP contribution in [-0.2, 0) is 4.79 Å². The minimum atomic E-state index is -0.689. The molecule has 1 N–H and O–H groups in total. The highest BCUT2D eigenvalue weighted by Crippen LogP contribution is 2.39. The molecule has 1 aliphatic carbocycles. The number of aromatic nitrogens is 4. The molecule has 3 rings (SSSR count). The van der Waals surface area contributed by atoms with E-state index in [1.807, 2.05) is 0 Å².